The Balaban J connectivity index is 2.16. The quantitative estimate of drug-likeness (QED) is 0.639. The number of rotatable bonds is 2. The van der Waals surface area contributed by atoms with Crippen LogP contribution in [-0.2, 0) is 0 Å². The molecule has 0 aliphatic carbocycles. The lowest BCUT2D eigenvalue weighted by molar-refractivity contribution is 0.456. The molecule has 1 unspecified atom stereocenters. The molecule has 1 aliphatic heterocycles. The van der Waals surface area contributed by atoms with Crippen molar-refractivity contribution in [3.05, 3.63) is 0 Å². The van der Waals surface area contributed by atoms with E-state index in [2.05, 4.69) is 25.6 Å². The standard InChI is InChI=1S/C7H15NS/c1-7(2,8)5-6-3-4-9-6/h6H,3-5,8H2,1-2H3. The second kappa shape index (κ2) is 2.51. The molecule has 2 N–H and O–H groups in total. The Hall–Kier alpha value is 0.310. The summed E-state index contributed by atoms with van der Waals surface area (Å²) in [4.78, 5) is 0. The first kappa shape index (κ1) is 7.42. The van der Waals surface area contributed by atoms with E-state index in [4.69, 9.17) is 5.73 Å². The highest BCUT2D eigenvalue weighted by Crippen LogP contribution is 2.33. The molecule has 0 amide bonds. The van der Waals surface area contributed by atoms with E-state index in [1.165, 1.54) is 18.6 Å². The van der Waals surface area contributed by atoms with Crippen molar-refractivity contribution in [2.24, 2.45) is 5.73 Å². The van der Waals surface area contributed by atoms with Gasteiger partial charge in [0.05, 0.1) is 0 Å². The molecule has 9 heavy (non-hydrogen) atoms. The fourth-order valence-corrected chi connectivity index (χ4v) is 2.15. The third-order valence-electron chi connectivity index (χ3n) is 1.55. The lowest BCUT2D eigenvalue weighted by Crippen LogP contribution is -2.37. The monoisotopic (exact) mass is 145 g/mol. The van der Waals surface area contributed by atoms with Gasteiger partial charge in [-0.1, -0.05) is 0 Å². The molecule has 0 aromatic carbocycles. The number of hydrogen-bond acceptors (Lipinski definition) is 2. The van der Waals surface area contributed by atoms with Crippen LogP contribution in [0.2, 0.25) is 0 Å². The Morgan fingerprint density at radius 2 is 2.22 bits per heavy atom. The van der Waals surface area contributed by atoms with E-state index in [-0.39, 0.29) is 5.54 Å². The van der Waals surface area contributed by atoms with Crippen LogP contribution in [0.1, 0.15) is 26.7 Å². The van der Waals surface area contributed by atoms with Gasteiger partial charge in [-0.25, -0.2) is 0 Å². The van der Waals surface area contributed by atoms with Crippen LogP contribution < -0.4 is 5.73 Å². The molecule has 1 rings (SSSR count). The maximum Gasteiger partial charge on any atom is 0.0108 e. The fraction of sp³-hybridized carbons (Fsp3) is 1.00. The molecule has 1 fully saturated rings. The number of hydrogen-bond donors (Lipinski definition) is 1. The maximum absolute atomic E-state index is 5.83. The van der Waals surface area contributed by atoms with Crippen molar-refractivity contribution in [1.82, 2.24) is 0 Å². The molecule has 0 saturated carbocycles. The summed E-state index contributed by atoms with van der Waals surface area (Å²) in [6.45, 7) is 4.21. The zero-order valence-electron chi connectivity index (χ0n) is 6.18. The molecule has 1 saturated heterocycles. The van der Waals surface area contributed by atoms with Gasteiger partial charge >= 0.3 is 0 Å². The predicted octanol–water partition coefficient (Wildman–Crippen LogP) is 1.62. The summed E-state index contributed by atoms with van der Waals surface area (Å²) in [7, 11) is 0. The Morgan fingerprint density at radius 1 is 1.67 bits per heavy atom. The molecule has 2 heteroatoms. The molecule has 1 heterocycles. The van der Waals surface area contributed by atoms with Crippen molar-refractivity contribution in [3.8, 4) is 0 Å². The molecule has 0 aromatic heterocycles. The van der Waals surface area contributed by atoms with Crippen molar-refractivity contribution in [1.29, 1.82) is 0 Å². The van der Waals surface area contributed by atoms with Crippen LogP contribution >= 0.6 is 11.8 Å². The molecular weight excluding hydrogens is 130 g/mol. The van der Waals surface area contributed by atoms with Gasteiger partial charge in [-0.15, -0.1) is 0 Å². The topological polar surface area (TPSA) is 26.0 Å². The number of nitrogens with two attached hydrogens (primary N) is 1. The van der Waals surface area contributed by atoms with Crippen molar-refractivity contribution in [2.45, 2.75) is 37.5 Å². The van der Waals surface area contributed by atoms with Crippen molar-refractivity contribution in [2.75, 3.05) is 5.75 Å². The average molecular weight is 145 g/mol. The summed E-state index contributed by atoms with van der Waals surface area (Å²) in [5.41, 5.74) is 5.89. The largest absolute Gasteiger partial charge is 0.326 e. The van der Waals surface area contributed by atoms with Gasteiger partial charge in [-0.2, -0.15) is 11.8 Å². The Kier molecular flexibility index (Phi) is 2.07. The highest BCUT2D eigenvalue weighted by Gasteiger charge is 2.24. The molecule has 0 spiro atoms. The van der Waals surface area contributed by atoms with Crippen LogP contribution in [0, 0.1) is 0 Å². The summed E-state index contributed by atoms with van der Waals surface area (Å²) in [6, 6.07) is 0. The van der Waals surface area contributed by atoms with Gasteiger partial charge in [0.25, 0.3) is 0 Å². The van der Waals surface area contributed by atoms with Crippen molar-refractivity contribution in [3.63, 3.8) is 0 Å². The van der Waals surface area contributed by atoms with Crippen LogP contribution in [0.4, 0.5) is 0 Å². The maximum atomic E-state index is 5.83. The molecule has 54 valence electrons. The third kappa shape index (κ3) is 2.59. The van der Waals surface area contributed by atoms with E-state index in [9.17, 15) is 0 Å². The van der Waals surface area contributed by atoms with Gasteiger partial charge in [0.15, 0.2) is 0 Å². The molecule has 1 atom stereocenters. The minimum atomic E-state index is 0.0537. The summed E-state index contributed by atoms with van der Waals surface area (Å²) >= 11 is 2.05. The molecule has 0 bridgehead atoms. The van der Waals surface area contributed by atoms with Crippen LogP contribution in [0.5, 0.6) is 0 Å². The zero-order valence-corrected chi connectivity index (χ0v) is 7.00. The van der Waals surface area contributed by atoms with Gasteiger partial charge in [0.1, 0.15) is 0 Å². The zero-order chi connectivity index (χ0) is 6.91. The van der Waals surface area contributed by atoms with E-state index in [0.29, 0.717) is 0 Å². The lowest BCUT2D eigenvalue weighted by atomic mass is 9.98. The third-order valence-corrected chi connectivity index (χ3v) is 2.89. The van der Waals surface area contributed by atoms with Gasteiger partial charge < -0.3 is 5.73 Å². The van der Waals surface area contributed by atoms with Gasteiger partial charge in [0, 0.05) is 10.8 Å². The van der Waals surface area contributed by atoms with Gasteiger partial charge in [-0.3, -0.25) is 0 Å². The minimum absolute atomic E-state index is 0.0537. The highest BCUT2D eigenvalue weighted by atomic mass is 32.2. The molecule has 1 nitrogen and oxygen atoms in total. The van der Waals surface area contributed by atoms with Crippen molar-refractivity contribution < 1.29 is 0 Å². The summed E-state index contributed by atoms with van der Waals surface area (Å²) in [5, 5.41) is 0.866. The van der Waals surface area contributed by atoms with Crippen LogP contribution in [0.3, 0.4) is 0 Å². The van der Waals surface area contributed by atoms with Gasteiger partial charge in [0.2, 0.25) is 0 Å². The van der Waals surface area contributed by atoms with E-state index in [1.54, 1.807) is 0 Å². The van der Waals surface area contributed by atoms with Gasteiger partial charge in [-0.05, 0) is 32.4 Å². The normalized spacial score (nSPS) is 27.7. The summed E-state index contributed by atoms with van der Waals surface area (Å²) in [6.07, 6.45) is 2.56. The van der Waals surface area contributed by atoms with Crippen LogP contribution in [0.25, 0.3) is 0 Å². The Labute approximate surface area is 61.4 Å². The highest BCUT2D eigenvalue weighted by molar-refractivity contribution is 8.01. The summed E-state index contributed by atoms with van der Waals surface area (Å²) < 4.78 is 0. The Morgan fingerprint density at radius 3 is 2.33 bits per heavy atom. The number of thioether (sulfide) groups is 1. The first-order valence-electron chi connectivity index (χ1n) is 3.48. The lowest BCUT2D eigenvalue weighted by Gasteiger charge is -2.31. The van der Waals surface area contributed by atoms with E-state index in [0.717, 1.165) is 5.25 Å². The molecular formula is C7H15NS. The predicted molar refractivity (Wildman–Crippen MR) is 43.7 cm³/mol. The fourth-order valence-electron chi connectivity index (χ4n) is 1.03. The Bertz CT molecular complexity index is 91.6. The first-order chi connectivity index (χ1) is 4.08. The molecule has 1 aliphatic rings. The summed E-state index contributed by atoms with van der Waals surface area (Å²) in [5.74, 6) is 1.35. The van der Waals surface area contributed by atoms with E-state index in [1.807, 2.05) is 0 Å². The first-order valence-corrected chi connectivity index (χ1v) is 4.53. The average Bonchev–Trinajstić information content (AvgIpc) is 1.53. The minimum Gasteiger partial charge on any atom is -0.326 e. The van der Waals surface area contributed by atoms with E-state index < -0.39 is 0 Å². The second-order valence-electron chi connectivity index (χ2n) is 3.47. The second-order valence-corrected chi connectivity index (χ2v) is 4.88. The molecule has 0 radical (unpaired) electrons. The smallest absolute Gasteiger partial charge is 0.0108 e. The van der Waals surface area contributed by atoms with Crippen molar-refractivity contribution >= 4 is 11.8 Å². The van der Waals surface area contributed by atoms with Crippen LogP contribution in [-0.4, -0.2) is 16.5 Å². The SMILES string of the molecule is CC(C)(N)CC1CCS1. The molecule has 0 aromatic rings. The van der Waals surface area contributed by atoms with E-state index >= 15 is 0 Å². The van der Waals surface area contributed by atoms with Crippen LogP contribution in [0.15, 0.2) is 0 Å².